The molecule has 0 aliphatic rings. The first-order valence-electron chi connectivity index (χ1n) is 7.56. The summed E-state index contributed by atoms with van der Waals surface area (Å²) in [5.74, 6) is -0.835. The summed E-state index contributed by atoms with van der Waals surface area (Å²) >= 11 is 5.50. The zero-order valence-corrected chi connectivity index (χ0v) is 17.4. The lowest BCUT2D eigenvalue weighted by Gasteiger charge is -2.31. The molecule has 0 saturated carbocycles. The zero-order chi connectivity index (χ0) is 23.1. The number of hydrogen-bond acceptors (Lipinski definition) is 3. The van der Waals surface area contributed by atoms with Crippen molar-refractivity contribution < 1.29 is 35.5 Å². The number of benzene rings is 2. The van der Waals surface area contributed by atoms with Gasteiger partial charge in [0.25, 0.3) is 5.91 Å². The number of nitrogens with zero attached hydrogens (tertiary/aromatic N) is 1. The number of carbonyl (C=O) groups excluding carboxylic acids is 1. The summed E-state index contributed by atoms with van der Waals surface area (Å²) in [6, 6.07) is 5.97. The van der Waals surface area contributed by atoms with Crippen LogP contribution in [0.5, 0.6) is 0 Å². The van der Waals surface area contributed by atoms with Gasteiger partial charge in [-0.05, 0) is 62.2 Å². The van der Waals surface area contributed by atoms with E-state index in [9.17, 15) is 35.5 Å². The third kappa shape index (κ3) is 4.24. The fourth-order valence-corrected chi connectivity index (χ4v) is 3.76. The molecule has 0 atom stereocenters. The molecule has 1 amide bonds. The van der Waals surface area contributed by atoms with Gasteiger partial charge < -0.3 is 11.1 Å². The normalized spacial score (nSPS) is 12.4. The molecule has 2 rings (SSSR count). The molecule has 160 valence electrons. The van der Waals surface area contributed by atoms with Gasteiger partial charge in [0.1, 0.15) is 6.07 Å². The number of hydrogen-bond donors (Lipinski definition) is 2. The van der Waals surface area contributed by atoms with Crippen LogP contribution >= 0.6 is 31.9 Å². The highest BCUT2D eigenvalue weighted by atomic mass is 79.9. The van der Waals surface area contributed by atoms with Crippen LogP contribution in [0.4, 0.5) is 42.1 Å². The molecule has 0 bridgehead atoms. The quantitative estimate of drug-likeness (QED) is 0.345. The Morgan fingerprint density at radius 2 is 1.47 bits per heavy atom. The number of nitrogens with one attached hydrogen (secondary N) is 1. The highest BCUT2D eigenvalue weighted by molar-refractivity contribution is 9.11. The van der Waals surface area contributed by atoms with E-state index >= 15 is 0 Å². The van der Waals surface area contributed by atoms with Crippen LogP contribution in [-0.4, -0.2) is 18.3 Å². The summed E-state index contributed by atoms with van der Waals surface area (Å²) in [6.07, 6.45) is -12.6. The van der Waals surface area contributed by atoms with Crippen molar-refractivity contribution in [1.82, 2.24) is 0 Å². The average molecular weight is 563 g/mol. The molecule has 0 heterocycles. The first-order chi connectivity index (χ1) is 13.6. The summed E-state index contributed by atoms with van der Waals surface area (Å²) in [6.45, 7) is 0. The Morgan fingerprint density at radius 1 is 0.967 bits per heavy atom. The topological polar surface area (TPSA) is 78.9 Å². The average Bonchev–Trinajstić information content (AvgIpc) is 2.61. The minimum atomic E-state index is -6.28. The Balaban J connectivity index is 2.48. The summed E-state index contributed by atoms with van der Waals surface area (Å²) in [5, 5.41) is 11.1. The van der Waals surface area contributed by atoms with Crippen molar-refractivity contribution in [2.45, 2.75) is 18.0 Å². The van der Waals surface area contributed by atoms with Crippen LogP contribution in [0, 0.1) is 11.3 Å². The highest BCUT2D eigenvalue weighted by Gasteiger charge is 2.73. The molecule has 2 aromatic carbocycles. The molecular weight excluding hydrogens is 555 g/mol. The van der Waals surface area contributed by atoms with Crippen LogP contribution in [0.3, 0.4) is 0 Å². The summed E-state index contributed by atoms with van der Waals surface area (Å²) in [7, 11) is 0. The lowest BCUT2D eigenvalue weighted by Crippen LogP contribution is -2.50. The summed E-state index contributed by atoms with van der Waals surface area (Å²) in [5.41, 5.74) is -1.98. The van der Waals surface area contributed by atoms with Gasteiger partial charge in [0, 0.05) is 20.1 Å². The van der Waals surface area contributed by atoms with E-state index in [2.05, 4.69) is 37.2 Å². The zero-order valence-electron chi connectivity index (χ0n) is 14.2. The number of anilines is 2. The third-order valence-corrected chi connectivity index (χ3v) is 5.14. The highest BCUT2D eigenvalue weighted by Crippen LogP contribution is 2.54. The first kappa shape index (κ1) is 23.9. The summed E-state index contributed by atoms with van der Waals surface area (Å²) < 4.78 is 91.1. The molecule has 13 heteroatoms. The number of alkyl halides is 7. The molecular formula is C17H8Br2F7N3O. The number of amides is 1. The van der Waals surface area contributed by atoms with Crippen molar-refractivity contribution in [3.8, 4) is 6.07 Å². The molecule has 4 nitrogen and oxygen atoms in total. The molecule has 30 heavy (non-hydrogen) atoms. The largest absolute Gasteiger partial charge is 0.435 e. The Bertz CT molecular complexity index is 1010. The Hall–Kier alpha value is -2.33. The van der Waals surface area contributed by atoms with Gasteiger partial charge in [-0.2, -0.15) is 31.6 Å². The van der Waals surface area contributed by atoms with E-state index in [1.54, 1.807) is 6.07 Å². The monoisotopic (exact) mass is 561 g/mol. The van der Waals surface area contributed by atoms with Gasteiger partial charge in [-0.3, -0.25) is 4.79 Å². The van der Waals surface area contributed by atoms with Crippen molar-refractivity contribution in [2.24, 2.45) is 0 Å². The fraction of sp³-hybridized carbons (Fsp3) is 0.176. The van der Waals surface area contributed by atoms with Crippen LogP contribution in [-0.2, 0) is 5.67 Å². The number of nitrogens with two attached hydrogens (primary N) is 1. The fourth-order valence-electron chi connectivity index (χ4n) is 2.37. The maximum absolute atomic E-state index is 14.3. The number of carbonyl (C=O) groups is 1. The maximum Gasteiger partial charge on any atom is 0.435 e. The smallest absolute Gasteiger partial charge is 0.398 e. The van der Waals surface area contributed by atoms with E-state index < -0.39 is 38.4 Å². The van der Waals surface area contributed by atoms with Crippen LogP contribution in [0.1, 0.15) is 21.5 Å². The number of nitriles is 1. The van der Waals surface area contributed by atoms with Gasteiger partial charge in [-0.1, -0.05) is 0 Å². The molecule has 0 aliphatic heterocycles. The van der Waals surface area contributed by atoms with E-state index in [0.29, 0.717) is 0 Å². The van der Waals surface area contributed by atoms with Crippen molar-refractivity contribution >= 4 is 49.1 Å². The van der Waals surface area contributed by atoms with Gasteiger partial charge in [0.2, 0.25) is 0 Å². The Labute approximate surface area is 181 Å². The third-order valence-electron chi connectivity index (χ3n) is 3.89. The molecule has 3 N–H and O–H groups in total. The molecule has 0 aromatic heterocycles. The predicted molar refractivity (Wildman–Crippen MR) is 100 cm³/mol. The summed E-state index contributed by atoms with van der Waals surface area (Å²) in [4.78, 5) is 12.3. The number of rotatable bonds is 3. The number of halogens is 9. The van der Waals surface area contributed by atoms with Crippen LogP contribution in [0.15, 0.2) is 39.3 Å². The second kappa shape index (κ2) is 8.07. The van der Waals surface area contributed by atoms with Gasteiger partial charge in [0.15, 0.2) is 0 Å². The SMILES string of the molecule is N#Cc1ccc(C(=O)Nc2c(Br)cc(C(F)(C(F)(F)F)C(F)(F)F)cc2Br)cc1N. The maximum atomic E-state index is 14.3. The number of nitrogen functional groups attached to an aromatic ring is 1. The van der Waals surface area contributed by atoms with Crippen LogP contribution < -0.4 is 11.1 Å². The van der Waals surface area contributed by atoms with E-state index in [1.165, 1.54) is 12.1 Å². The van der Waals surface area contributed by atoms with Crippen molar-refractivity contribution in [1.29, 1.82) is 5.26 Å². The Kier molecular flexibility index (Phi) is 6.44. The van der Waals surface area contributed by atoms with Crippen molar-refractivity contribution in [3.63, 3.8) is 0 Å². The molecule has 0 saturated heterocycles. The van der Waals surface area contributed by atoms with Gasteiger partial charge in [-0.15, -0.1) is 0 Å². The minimum Gasteiger partial charge on any atom is -0.398 e. The molecule has 0 fully saturated rings. The second-order valence-electron chi connectivity index (χ2n) is 5.84. The standard InChI is InChI=1S/C17H8Br2F7N3O/c18-10-4-9(15(20,16(21,22)23)17(24,25)26)5-11(19)13(10)29-14(30)7-1-2-8(6-27)12(28)3-7/h1-5H,28H2,(H,29,30). The first-order valence-corrected chi connectivity index (χ1v) is 9.15. The molecule has 2 aromatic rings. The van der Waals surface area contributed by atoms with Crippen LogP contribution in [0.2, 0.25) is 0 Å². The van der Waals surface area contributed by atoms with E-state index in [1.807, 2.05) is 0 Å². The van der Waals surface area contributed by atoms with E-state index in [-0.39, 0.29) is 34.6 Å². The Morgan fingerprint density at radius 3 is 1.87 bits per heavy atom. The lowest BCUT2D eigenvalue weighted by atomic mass is 9.94. The minimum absolute atomic E-state index is 0.0174. The van der Waals surface area contributed by atoms with Crippen molar-refractivity contribution in [2.75, 3.05) is 11.1 Å². The second-order valence-corrected chi connectivity index (χ2v) is 7.55. The van der Waals surface area contributed by atoms with Gasteiger partial charge in [-0.25, -0.2) is 4.39 Å². The van der Waals surface area contributed by atoms with E-state index in [0.717, 1.165) is 6.07 Å². The van der Waals surface area contributed by atoms with Crippen molar-refractivity contribution in [3.05, 3.63) is 56.0 Å². The molecule has 0 radical (unpaired) electrons. The predicted octanol–water partition coefficient (Wildman–Crippen LogP) is 6.21. The molecule has 0 unspecified atom stereocenters. The lowest BCUT2D eigenvalue weighted by molar-refractivity contribution is -0.348. The van der Waals surface area contributed by atoms with E-state index in [4.69, 9.17) is 11.0 Å². The molecule has 0 spiro atoms. The van der Waals surface area contributed by atoms with Crippen LogP contribution in [0.25, 0.3) is 0 Å². The van der Waals surface area contributed by atoms with Gasteiger partial charge >= 0.3 is 18.0 Å². The van der Waals surface area contributed by atoms with Gasteiger partial charge in [0.05, 0.1) is 16.9 Å². The molecule has 0 aliphatic carbocycles.